The van der Waals surface area contributed by atoms with Crippen LogP contribution in [0.5, 0.6) is 5.75 Å². The second-order valence-corrected chi connectivity index (χ2v) is 17.6. The fourth-order valence-electron chi connectivity index (χ4n) is 9.53. The number of para-hydroxylation sites is 1. The van der Waals surface area contributed by atoms with Gasteiger partial charge in [0.1, 0.15) is 29.5 Å². The highest BCUT2D eigenvalue weighted by Crippen LogP contribution is 2.35. The molecular formula is C48H63FN10O5. The van der Waals surface area contributed by atoms with E-state index in [1.54, 1.807) is 36.5 Å². The Morgan fingerprint density at radius 2 is 1.78 bits per heavy atom. The summed E-state index contributed by atoms with van der Waals surface area (Å²) in [6.07, 6.45) is 7.72. The Bertz CT molecular complexity index is 2400. The number of morpholine rings is 1. The van der Waals surface area contributed by atoms with E-state index in [0.717, 1.165) is 60.0 Å². The minimum Gasteiger partial charge on any atom is -0.507 e. The number of hydrogen-bond acceptors (Lipinski definition) is 11. The summed E-state index contributed by atoms with van der Waals surface area (Å²) in [5, 5.41) is 16.6. The first kappa shape index (κ1) is 45.9. The number of allylic oxidation sites excluding steroid dienone is 1. The highest BCUT2D eigenvalue weighted by Gasteiger charge is 2.35. The number of likely N-dealkylation sites (tertiary alicyclic amines) is 2. The molecule has 5 heterocycles. The molecule has 3 fully saturated rings. The number of aryl methyl sites for hydroxylation is 3. The zero-order valence-electron chi connectivity index (χ0n) is 37.4. The number of phenolic OH excluding ortho intramolecular Hbond substituents is 1. The van der Waals surface area contributed by atoms with Gasteiger partial charge in [0.2, 0.25) is 12.3 Å². The minimum absolute atomic E-state index is 0.0151. The zero-order valence-corrected chi connectivity index (χ0v) is 37.4. The van der Waals surface area contributed by atoms with E-state index in [-0.39, 0.29) is 54.5 Å². The van der Waals surface area contributed by atoms with E-state index in [0.29, 0.717) is 85.4 Å². The average molecular weight is 879 g/mol. The van der Waals surface area contributed by atoms with Crippen LogP contribution in [0.1, 0.15) is 89.9 Å². The molecule has 15 nitrogen and oxygen atoms in total. The van der Waals surface area contributed by atoms with Crippen molar-refractivity contribution in [1.29, 1.82) is 0 Å². The summed E-state index contributed by atoms with van der Waals surface area (Å²) in [7, 11) is 0. The Morgan fingerprint density at radius 3 is 2.48 bits per heavy atom. The number of fused-ring (bicyclic) bond motifs is 1. The number of ether oxygens (including phenoxy) is 1. The Labute approximate surface area is 374 Å². The lowest BCUT2D eigenvalue weighted by atomic mass is 9.92. The third-order valence-corrected chi connectivity index (χ3v) is 13.1. The molecule has 2 aromatic heterocycles. The van der Waals surface area contributed by atoms with Gasteiger partial charge in [-0.2, -0.15) is 0 Å². The van der Waals surface area contributed by atoms with Crippen LogP contribution < -0.4 is 27.8 Å². The summed E-state index contributed by atoms with van der Waals surface area (Å²) >= 11 is 0. The fraction of sp³-hybridized carbons (Fsp3) is 0.458. The summed E-state index contributed by atoms with van der Waals surface area (Å²) in [4.78, 5) is 47.8. The lowest BCUT2D eigenvalue weighted by Crippen LogP contribution is -2.47. The Morgan fingerprint density at radius 1 is 1.02 bits per heavy atom. The van der Waals surface area contributed by atoms with Crippen molar-refractivity contribution >= 4 is 40.6 Å². The quantitative estimate of drug-likeness (QED) is 0.0565. The van der Waals surface area contributed by atoms with Crippen LogP contribution in [0, 0.1) is 19.8 Å². The van der Waals surface area contributed by atoms with Gasteiger partial charge >= 0.3 is 0 Å². The molecule has 4 aromatic rings. The Kier molecular flexibility index (Phi) is 14.4. The van der Waals surface area contributed by atoms with Crippen molar-refractivity contribution in [2.24, 2.45) is 23.1 Å². The number of pyridine rings is 1. The monoisotopic (exact) mass is 878 g/mol. The average Bonchev–Trinajstić information content (AvgIpc) is 3.64. The summed E-state index contributed by atoms with van der Waals surface area (Å²) < 4.78 is 24.5. The van der Waals surface area contributed by atoms with Gasteiger partial charge in [0.15, 0.2) is 0 Å². The van der Waals surface area contributed by atoms with Gasteiger partial charge in [0.05, 0.1) is 30.2 Å². The molecule has 0 saturated carbocycles. The largest absolute Gasteiger partial charge is 0.507 e. The molecule has 0 radical (unpaired) electrons. The van der Waals surface area contributed by atoms with Crippen LogP contribution in [0.15, 0.2) is 72.5 Å². The van der Waals surface area contributed by atoms with Gasteiger partial charge in [-0.1, -0.05) is 25.1 Å². The Hall–Kier alpha value is -6.13. The fourth-order valence-corrected chi connectivity index (χ4v) is 9.53. The summed E-state index contributed by atoms with van der Waals surface area (Å²) in [5.74, 6) is 0.319. The van der Waals surface area contributed by atoms with Crippen LogP contribution in [0.2, 0.25) is 0 Å². The molecule has 3 amide bonds. The van der Waals surface area contributed by atoms with Crippen molar-refractivity contribution < 1.29 is 28.6 Å². The number of piperidine rings is 2. The summed E-state index contributed by atoms with van der Waals surface area (Å²) in [6.45, 7) is 12.3. The second kappa shape index (κ2) is 20.1. The number of aromatic nitrogens is 2. The SMILES string of the molecule is CCc1cn(C2CCN(CC3CCN(C(=O)c4cc(C)c(C5CN(C(/C=C(\N)c6ccccc6O)=C(N)N)C(C)CO5)cc4C)CC3)CC2F)c2ncc(NC(=O)CCNC=O)cc12. The maximum atomic E-state index is 16.1. The molecule has 3 aliphatic heterocycles. The standard InChI is InChI=1S/C48H63FN10O5/c1-5-33-24-59(47-38(33)20-34(22-54-47)55-45(62)10-14-53-28-60)41-13-15-56(25-39(41)49)23-32-11-16-57(17-12-32)48(63)37-19-29(2)36(18-30(37)3)44-26-58(31(4)27-64-44)42(46(51)52)21-40(50)35-8-6-7-9-43(35)61/h6-9,18-22,24,28,31-32,39,41,44,61H,5,10-17,23,25-27,50-52H2,1-4H3,(H,53,60)(H,55,62)/b40-21-. The number of nitrogens with zero attached hydrogens (tertiary/aromatic N) is 5. The van der Waals surface area contributed by atoms with Crippen molar-refractivity contribution in [1.82, 2.24) is 29.6 Å². The molecule has 7 rings (SSSR count). The zero-order chi connectivity index (χ0) is 45.7. The molecule has 3 saturated heterocycles. The third kappa shape index (κ3) is 10.1. The van der Waals surface area contributed by atoms with Crippen LogP contribution in [-0.4, -0.2) is 112 Å². The van der Waals surface area contributed by atoms with Gasteiger partial charge in [-0.25, -0.2) is 9.37 Å². The number of rotatable bonds is 14. The number of halogens is 1. The van der Waals surface area contributed by atoms with Gasteiger partial charge in [-0.05, 0) is 105 Å². The summed E-state index contributed by atoms with van der Waals surface area (Å²) in [6, 6.07) is 12.4. The first-order chi connectivity index (χ1) is 30.8. The lowest BCUT2D eigenvalue weighted by molar-refractivity contribution is -0.116. The number of carbonyl (C=O) groups excluding carboxylic acids is 3. The molecule has 0 bridgehead atoms. The van der Waals surface area contributed by atoms with Crippen molar-refractivity contribution in [2.75, 3.05) is 57.7 Å². The maximum Gasteiger partial charge on any atom is 0.254 e. The number of carbonyl (C=O) groups is 3. The number of amides is 3. The first-order valence-electron chi connectivity index (χ1n) is 22.4. The molecule has 2 aromatic carbocycles. The highest BCUT2D eigenvalue weighted by molar-refractivity contribution is 5.96. The second-order valence-electron chi connectivity index (χ2n) is 17.6. The number of aromatic hydroxyl groups is 1. The number of phenols is 1. The minimum atomic E-state index is -1.08. The molecular weight excluding hydrogens is 816 g/mol. The van der Waals surface area contributed by atoms with Gasteiger partial charge in [-0.15, -0.1) is 0 Å². The van der Waals surface area contributed by atoms with Gasteiger partial charge in [0.25, 0.3) is 5.91 Å². The topological polar surface area (TPSA) is 210 Å². The van der Waals surface area contributed by atoms with Gasteiger partial charge in [-0.3, -0.25) is 14.4 Å². The lowest BCUT2D eigenvalue weighted by Gasteiger charge is -2.41. The molecule has 4 atom stereocenters. The number of nitrogens with one attached hydrogen (secondary N) is 2. The maximum absolute atomic E-state index is 16.1. The van der Waals surface area contributed by atoms with Crippen molar-refractivity contribution in [3.63, 3.8) is 0 Å². The number of nitrogens with two attached hydrogens (primary N) is 3. The van der Waals surface area contributed by atoms with E-state index in [9.17, 15) is 19.5 Å². The van der Waals surface area contributed by atoms with E-state index in [2.05, 4.69) is 38.4 Å². The van der Waals surface area contributed by atoms with E-state index in [4.69, 9.17) is 21.9 Å². The number of alkyl halides is 1. The molecule has 0 spiro atoms. The highest BCUT2D eigenvalue weighted by atomic mass is 19.1. The van der Waals surface area contributed by atoms with E-state index in [1.807, 2.05) is 48.6 Å². The third-order valence-electron chi connectivity index (χ3n) is 13.1. The Balaban J connectivity index is 0.935. The predicted molar refractivity (Wildman–Crippen MR) is 246 cm³/mol. The molecule has 3 aliphatic rings. The van der Waals surface area contributed by atoms with Crippen LogP contribution >= 0.6 is 0 Å². The number of benzene rings is 2. The van der Waals surface area contributed by atoms with Gasteiger partial charge < -0.3 is 56.9 Å². The first-order valence-corrected chi connectivity index (χ1v) is 22.4. The van der Waals surface area contributed by atoms with E-state index < -0.39 is 6.17 Å². The molecule has 9 N–H and O–H groups in total. The van der Waals surface area contributed by atoms with Crippen LogP contribution in [0.3, 0.4) is 0 Å². The van der Waals surface area contributed by atoms with E-state index in [1.165, 1.54) is 0 Å². The van der Waals surface area contributed by atoms with Crippen molar-refractivity contribution in [3.8, 4) is 5.75 Å². The van der Waals surface area contributed by atoms with Crippen molar-refractivity contribution in [2.45, 2.75) is 84.2 Å². The van der Waals surface area contributed by atoms with Gasteiger partial charge in [0, 0.05) is 86.7 Å². The molecule has 342 valence electrons. The predicted octanol–water partition coefficient (Wildman–Crippen LogP) is 4.98. The normalized spacial score (nSPS) is 21.2. The summed E-state index contributed by atoms with van der Waals surface area (Å²) in [5.41, 5.74) is 26.0. The molecule has 16 heteroatoms. The molecule has 4 unspecified atom stereocenters. The van der Waals surface area contributed by atoms with Crippen LogP contribution in [-0.2, 0) is 20.7 Å². The molecule has 0 aliphatic carbocycles. The molecule has 64 heavy (non-hydrogen) atoms. The van der Waals surface area contributed by atoms with E-state index >= 15 is 4.39 Å². The van der Waals surface area contributed by atoms with Crippen LogP contribution in [0.4, 0.5) is 10.1 Å². The number of anilines is 1. The van der Waals surface area contributed by atoms with Crippen molar-refractivity contribution in [3.05, 3.63) is 106 Å². The smallest absolute Gasteiger partial charge is 0.254 e. The number of hydrogen-bond donors (Lipinski definition) is 6. The van der Waals surface area contributed by atoms with Crippen LogP contribution in [0.25, 0.3) is 16.7 Å².